The van der Waals surface area contributed by atoms with Crippen LogP contribution in [0.1, 0.15) is 51.7 Å². The summed E-state index contributed by atoms with van der Waals surface area (Å²) in [6, 6.07) is 9.30. The van der Waals surface area contributed by atoms with Gasteiger partial charge in [0.2, 0.25) is 0 Å². The molecule has 1 aromatic carbocycles. The van der Waals surface area contributed by atoms with E-state index < -0.39 is 0 Å². The van der Waals surface area contributed by atoms with Gasteiger partial charge < -0.3 is 5.32 Å². The molecule has 0 heterocycles. The van der Waals surface area contributed by atoms with Crippen molar-refractivity contribution in [2.75, 3.05) is 13.6 Å². The van der Waals surface area contributed by atoms with E-state index in [0.717, 1.165) is 13.1 Å². The molecule has 0 bridgehead atoms. The van der Waals surface area contributed by atoms with E-state index >= 15 is 0 Å². The van der Waals surface area contributed by atoms with Crippen molar-refractivity contribution in [1.82, 2.24) is 10.2 Å². The van der Waals surface area contributed by atoms with E-state index in [1.54, 1.807) is 0 Å². The van der Waals surface area contributed by atoms with Crippen LogP contribution >= 0.6 is 0 Å². The molecule has 20 heavy (non-hydrogen) atoms. The molecule has 1 atom stereocenters. The third-order valence-corrected chi connectivity index (χ3v) is 3.89. The van der Waals surface area contributed by atoms with Crippen LogP contribution in [0, 0.1) is 6.92 Å². The Morgan fingerprint density at radius 2 is 1.85 bits per heavy atom. The highest BCUT2D eigenvalue weighted by molar-refractivity contribution is 5.25. The van der Waals surface area contributed by atoms with E-state index in [2.05, 4.69) is 76.1 Å². The van der Waals surface area contributed by atoms with E-state index in [4.69, 9.17) is 0 Å². The lowest BCUT2D eigenvalue weighted by atomic mass is 10.1. The van der Waals surface area contributed by atoms with Crippen LogP contribution in [0.3, 0.4) is 0 Å². The molecule has 0 fully saturated rings. The van der Waals surface area contributed by atoms with E-state index in [1.165, 1.54) is 24.0 Å². The Bertz CT molecular complexity index is 393. The SMILES string of the molecule is Cc1ccccc1CN(C)C(C)CCCNC(C)(C)C. The van der Waals surface area contributed by atoms with Gasteiger partial charge in [-0.2, -0.15) is 0 Å². The zero-order chi connectivity index (χ0) is 15.2. The second-order valence-corrected chi connectivity index (χ2v) is 7.01. The van der Waals surface area contributed by atoms with Gasteiger partial charge in [0.05, 0.1) is 0 Å². The van der Waals surface area contributed by atoms with Gasteiger partial charge in [-0.15, -0.1) is 0 Å². The van der Waals surface area contributed by atoms with Crippen molar-refractivity contribution in [2.24, 2.45) is 0 Å². The maximum absolute atomic E-state index is 3.56. The molecule has 1 rings (SSSR count). The molecule has 1 unspecified atom stereocenters. The summed E-state index contributed by atoms with van der Waals surface area (Å²) in [6.07, 6.45) is 2.47. The van der Waals surface area contributed by atoms with Crippen LogP contribution in [-0.2, 0) is 6.54 Å². The van der Waals surface area contributed by atoms with Gasteiger partial charge in [-0.3, -0.25) is 4.90 Å². The van der Waals surface area contributed by atoms with Crippen LogP contribution < -0.4 is 5.32 Å². The van der Waals surface area contributed by atoms with Crippen molar-refractivity contribution in [1.29, 1.82) is 0 Å². The molecule has 0 spiro atoms. The molecular weight excluding hydrogens is 244 g/mol. The molecule has 114 valence electrons. The van der Waals surface area contributed by atoms with Gasteiger partial charge in [-0.25, -0.2) is 0 Å². The van der Waals surface area contributed by atoms with E-state index in [-0.39, 0.29) is 5.54 Å². The van der Waals surface area contributed by atoms with Crippen molar-refractivity contribution in [3.05, 3.63) is 35.4 Å². The Morgan fingerprint density at radius 1 is 1.20 bits per heavy atom. The summed E-state index contributed by atoms with van der Waals surface area (Å²) in [5.41, 5.74) is 3.06. The predicted octanol–water partition coefficient (Wildman–Crippen LogP) is 3.98. The Morgan fingerprint density at radius 3 is 2.45 bits per heavy atom. The molecular formula is C18H32N2. The number of hydrogen-bond donors (Lipinski definition) is 1. The van der Waals surface area contributed by atoms with E-state index in [9.17, 15) is 0 Å². The molecule has 2 heteroatoms. The highest BCUT2D eigenvalue weighted by atomic mass is 15.1. The second-order valence-electron chi connectivity index (χ2n) is 7.01. The molecule has 0 aliphatic carbocycles. The number of aryl methyl sites for hydroxylation is 1. The van der Waals surface area contributed by atoms with Crippen LogP contribution in [0.2, 0.25) is 0 Å². The van der Waals surface area contributed by atoms with Crippen LogP contribution in [-0.4, -0.2) is 30.1 Å². The van der Waals surface area contributed by atoms with Gasteiger partial charge in [0.1, 0.15) is 0 Å². The molecule has 2 nitrogen and oxygen atoms in total. The van der Waals surface area contributed by atoms with Crippen LogP contribution in [0.25, 0.3) is 0 Å². The maximum atomic E-state index is 3.56. The highest BCUT2D eigenvalue weighted by Crippen LogP contribution is 2.13. The summed E-state index contributed by atoms with van der Waals surface area (Å²) in [6.45, 7) is 13.3. The first-order valence-corrected chi connectivity index (χ1v) is 7.79. The summed E-state index contributed by atoms with van der Waals surface area (Å²) in [4.78, 5) is 2.46. The van der Waals surface area contributed by atoms with Crippen molar-refractivity contribution in [3.8, 4) is 0 Å². The summed E-state index contributed by atoms with van der Waals surface area (Å²) in [7, 11) is 2.23. The van der Waals surface area contributed by atoms with Gasteiger partial charge in [-0.05, 0) is 72.2 Å². The zero-order valence-corrected chi connectivity index (χ0v) is 14.2. The fourth-order valence-corrected chi connectivity index (χ4v) is 2.29. The molecule has 0 radical (unpaired) electrons. The van der Waals surface area contributed by atoms with Gasteiger partial charge in [0.25, 0.3) is 0 Å². The van der Waals surface area contributed by atoms with Gasteiger partial charge in [0.15, 0.2) is 0 Å². The summed E-state index contributed by atoms with van der Waals surface area (Å²) < 4.78 is 0. The molecule has 1 N–H and O–H groups in total. The minimum Gasteiger partial charge on any atom is -0.312 e. The van der Waals surface area contributed by atoms with Crippen LogP contribution in [0.15, 0.2) is 24.3 Å². The fraction of sp³-hybridized carbons (Fsp3) is 0.667. The minimum absolute atomic E-state index is 0.232. The molecule has 0 aliphatic rings. The first kappa shape index (κ1) is 17.2. The second kappa shape index (κ2) is 7.80. The zero-order valence-electron chi connectivity index (χ0n) is 14.2. The first-order valence-electron chi connectivity index (χ1n) is 7.79. The number of benzene rings is 1. The minimum atomic E-state index is 0.232. The predicted molar refractivity (Wildman–Crippen MR) is 89.1 cm³/mol. The molecule has 0 amide bonds. The van der Waals surface area contributed by atoms with Gasteiger partial charge in [0, 0.05) is 18.1 Å². The Labute approximate surface area is 125 Å². The van der Waals surface area contributed by atoms with Crippen LogP contribution in [0.5, 0.6) is 0 Å². The van der Waals surface area contributed by atoms with Crippen molar-refractivity contribution >= 4 is 0 Å². The van der Waals surface area contributed by atoms with Crippen molar-refractivity contribution in [3.63, 3.8) is 0 Å². The molecule has 0 aliphatic heterocycles. The maximum Gasteiger partial charge on any atom is 0.0236 e. The topological polar surface area (TPSA) is 15.3 Å². The lowest BCUT2D eigenvalue weighted by Crippen LogP contribution is -2.37. The third kappa shape index (κ3) is 6.53. The van der Waals surface area contributed by atoms with E-state index in [1.807, 2.05) is 0 Å². The van der Waals surface area contributed by atoms with Crippen LogP contribution in [0.4, 0.5) is 0 Å². The van der Waals surface area contributed by atoms with Crippen molar-refractivity contribution in [2.45, 2.75) is 65.6 Å². The fourth-order valence-electron chi connectivity index (χ4n) is 2.29. The smallest absolute Gasteiger partial charge is 0.0236 e. The monoisotopic (exact) mass is 276 g/mol. The largest absolute Gasteiger partial charge is 0.312 e. The van der Waals surface area contributed by atoms with Gasteiger partial charge in [-0.1, -0.05) is 24.3 Å². The lowest BCUT2D eigenvalue weighted by molar-refractivity contribution is 0.232. The lowest BCUT2D eigenvalue weighted by Gasteiger charge is -2.26. The average molecular weight is 276 g/mol. The Balaban J connectivity index is 2.33. The third-order valence-electron chi connectivity index (χ3n) is 3.89. The Hall–Kier alpha value is -0.860. The number of hydrogen-bond acceptors (Lipinski definition) is 2. The molecule has 0 saturated carbocycles. The standard InChI is InChI=1S/C18H32N2/c1-15-10-7-8-12-17(15)14-20(6)16(2)11-9-13-19-18(3,4)5/h7-8,10,12,16,19H,9,11,13-14H2,1-6H3. The molecule has 1 aromatic rings. The first-order chi connectivity index (χ1) is 9.29. The van der Waals surface area contributed by atoms with E-state index in [0.29, 0.717) is 6.04 Å². The number of nitrogens with zero attached hydrogens (tertiary/aromatic N) is 1. The number of rotatable bonds is 7. The quantitative estimate of drug-likeness (QED) is 0.758. The van der Waals surface area contributed by atoms with Gasteiger partial charge >= 0.3 is 0 Å². The Kier molecular flexibility index (Phi) is 6.70. The summed E-state index contributed by atoms with van der Waals surface area (Å²) in [5.74, 6) is 0. The summed E-state index contributed by atoms with van der Waals surface area (Å²) in [5, 5.41) is 3.56. The normalized spacial score (nSPS) is 13.8. The number of nitrogens with one attached hydrogen (secondary N) is 1. The highest BCUT2D eigenvalue weighted by Gasteiger charge is 2.12. The van der Waals surface area contributed by atoms with Crippen molar-refractivity contribution < 1.29 is 0 Å². The average Bonchev–Trinajstić information content (AvgIpc) is 2.36. The summed E-state index contributed by atoms with van der Waals surface area (Å²) >= 11 is 0. The molecule has 0 saturated heterocycles. The molecule has 0 aromatic heterocycles.